The van der Waals surface area contributed by atoms with E-state index in [0.717, 1.165) is 45.3 Å². The van der Waals surface area contributed by atoms with Crippen molar-refractivity contribution in [2.24, 2.45) is 0 Å². The van der Waals surface area contributed by atoms with Gasteiger partial charge in [-0.1, -0.05) is 6.92 Å². The molecule has 5 heteroatoms. The lowest BCUT2D eigenvalue weighted by Gasteiger charge is -2.36. The summed E-state index contributed by atoms with van der Waals surface area (Å²) in [6.45, 7) is 6.02. The molecule has 2 unspecified atom stereocenters. The summed E-state index contributed by atoms with van der Waals surface area (Å²) in [5, 5.41) is 0. The number of likely N-dealkylation sites (tertiary alicyclic amines) is 1. The number of hydrogen-bond acceptors (Lipinski definition) is 3. The van der Waals surface area contributed by atoms with Crippen LogP contribution in [0.15, 0.2) is 0 Å². The first-order valence-corrected chi connectivity index (χ1v) is 8.28. The molecule has 0 aliphatic carbocycles. The molecule has 2 amide bonds. The number of carbonyl (C=O) groups is 2. The molecule has 2 aliphatic heterocycles. The van der Waals surface area contributed by atoms with Crippen LogP contribution in [0.25, 0.3) is 0 Å². The molecule has 0 aromatic carbocycles. The summed E-state index contributed by atoms with van der Waals surface area (Å²) in [6, 6.07) is 0.350. The van der Waals surface area contributed by atoms with Gasteiger partial charge in [0.05, 0.1) is 12.6 Å². The normalized spacial score (nSPS) is 25.9. The fourth-order valence-electron chi connectivity index (χ4n) is 3.35. The molecule has 0 saturated carbocycles. The maximum absolute atomic E-state index is 12.5. The SMILES string of the molecule is CCC1CCCCN1C(=O)CN(CC1CCCO1)C(C)=O. The zero-order chi connectivity index (χ0) is 15.2. The lowest BCUT2D eigenvalue weighted by atomic mass is 10.00. The molecule has 0 radical (unpaired) electrons. The van der Waals surface area contributed by atoms with Crippen molar-refractivity contribution in [2.75, 3.05) is 26.2 Å². The zero-order valence-electron chi connectivity index (χ0n) is 13.3. The summed E-state index contributed by atoms with van der Waals surface area (Å²) in [5.41, 5.74) is 0. The standard InChI is InChI=1S/C16H28N2O3/c1-3-14-7-4-5-9-18(14)16(20)12-17(13(2)19)11-15-8-6-10-21-15/h14-15H,3-12H2,1-2H3. The van der Waals surface area contributed by atoms with Gasteiger partial charge in [-0.2, -0.15) is 0 Å². The van der Waals surface area contributed by atoms with Crippen LogP contribution in [0.4, 0.5) is 0 Å². The van der Waals surface area contributed by atoms with Gasteiger partial charge in [-0.25, -0.2) is 0 Å². The highest BCUT2D eigenvalue weighted by molar-refractivity contribution is 5.84. The van der Waals surface area contributed by atoms with Crippen LogP contribution in [-0.4, -0.2) is 60.0 Å². The van der Waals surface area contributed by atoms with Crippen LogP contribution >= 0.6 is 0 Å². The van der Waals surface area contributed by atoms with Gasteiger partial charge in [-0.3, -0.25) is 9.59 Å². The van der Waals surface area contributed by atoms with E-state index in [-0.39, 0.29) is 24.5 Å². The second-order valence-corrected chi connectivity index (χ2v) is 6.18. The molecule has 0 bridgehead atoms. The first-order valence-electron chi connectivity index (χ1n) is 8.28. The van der Waals surface area contributed by atoms with E-state index in [1.165, 1.54) is 13.3 Å². The highest BCUT2D eigenvalue weighted by Gasteiger charge is 2.28. The van der Waals surface area contributed by atoms with Crippen LogP contribution < -0.4 is 0 Å². The van der Waals surface area contributed by atoms with Crippen molar-refractivity contribution in [3.8, 4) is 0 Å². The Hall–Kier alpha value is -1.10. The van der Waals surface area contributed by atoms with Gasteiger partial charge >= 0.3 is 0 Å². The third kappa shape index (κ3) is 4.43. The fourth-order valence-corrected chi connectivity index (χ4v) is 3.35. The van der Waals surface area contributed by atoms with Crippen molar-refractivity contribution >= 4 is 11.8 Å². The summed E-state index contributed by atoms with van der Waals surface area (Å²) in [5.74, 6) is 0.0543. The van der Waals surface area contributed by atoms with E-state index in [1.807, 2.05) is 4.90 Å². The van der Waals surface area contributed by atoms with Crippen LogP contribution in [0.3, 0.4) is 0 Å². The highest BCUT2D eigenvalue weighted by atomic mass is 16.5. The zero-order valence-corrected chi connectivity index (χ0v) is 13.3. The van der Waals surface area contributed by atoms with E-state index in [1.54, 1.807) is 4.90 Å². The van der Waals surface area contributed by atoms with Crippen LogP contribution in [0.2, 0.25) is 0 Å². The highest BCUT2D eigenvalue weighted by Crippen LogP contribution is 2.20. The molecule has 2 heterocycles. The maximum atomic E-state index is 12.5. The molecule has 2 aliphatic rings. The number of ether oxygens (including phenoxy) is 1. The molecule has 2 fully saturated rings. The Morgan fingerprint density at radius 2 is 2.05 bits per heavy atom. The summed E-state index contributed by atoms with van der Waals surface area (Å²) in [6.07, 6.45) is 6.51. The van der Waals surface area contributed by atoms with Gasteiger partial charge in [0, 0.05) is 32.7 Å². The summed E-state index contributed by atoms with van der Waals surface area (Å²) in [4.78, 5) is 28.0. The van der Waals surface area contributed by atoms with E-state index >= 15 is 0 Å². The van der Waals surface area contributed by atoms with Crippen molar-refractivity contribution < 1.29 is 14.3 Å². The third-order valence-electron chi connectivity index (χ3n) is 4.64. The van der Waals surface area contributed by atoms with Crippen molar-refractivity contribution in [1.29, 1.82) is 0 Å². The predicted octanol–water partition coefficient (Wildman–Crippen LogP) is 1.81. The minimum absolute atomic E-state index is 0.0380. The molecular weight excluding hydrogens is 268 g/mol. The van der Waals surface area contributed by atoms with Crippen molar-refractivity contribution in [3.05, 3.63) is 0 Å². The molecular formula is C16H28N2O3. The summed E-state index contributed by atoms with van der Waals surface area (Å²) in [7, 11) is 0. The molecule has 0 spiro atoms. The van der Waals surface area contributed by atoms with E-state index < -0.39 is 0 Å². The van der Waals surface area contributed by atoms with E-state index in [4.69, 9.17) is 4.74 Å². The Kier molecular flexibility index (Phi) is 6.03. The molecule has 120 valence electrons. The lowest BCUT2D eigenvalue weighted by molar-refractivity contribution is -0.142. The average molecular weight is 296 g/mol. The van der Waals surface area contributed by atoms with E-state index in [0.29, 0.717) is 12.6 Å². The predicted molar refractivity (Wildman–Crippen MR) is 80.9 cm³/mol. The molecule has 0 aromatic heterocycles. The molecule has 0 N–H and O–H groups in total. The van der Waals surface area contributed by atoms with Crippen molar-refractivity contribution in [3.63, 3.8) is 0 Å². The Labute approximate surface area is 127 Å². The second-order valence-electron chi connectivity index (χ2n) is 6.18. The van der Waals surface area contributed by atoms with E-state index in [9.17, 15) is 9.59 Å². The second kappa shape index (κ2) is 7.78. The van der Waals surface area contributed by atoms with Gasteiger partial charge in [-0.05, 0) is 38.5 Å². The quantitative estimate of drug-likeness (QED) is 0.777. The number of hydrogen-bond donors (Lipinski definition) is 0. The van der Waals surface area contributed by atoms with Gasteiger partial charge in [0.1, 0.15) is 0 Å². The topological polar surface area (TPSA) is 49.9 Å². The Morgan fingerprint density at radius 3 is 2.67 bits per heavy atom. The number of piperidine rings is 1. The molecule has 2 rings (SSSR count). The number of amides is 2. The first-order chi connectivity index (χ1) is 10.1. The first kappa shape index (κ1) is 16.3. The van der Waals surface area contributed by atoms with Gasteiger partial charge in [0.25, 0.3) is 0 Å². The van der Waals surface area contributed by atoms with Gasteiger partial charge in [-0.15, -0.1) is 0 Å². The molecule has 21 heavy (non-hydrogen) atoms. The summed E-state index contributed by atoms with van der Waals surface area (Å²) >= 11 is 0. The van der Waals surface area contributed by atoms with Crippen molar-refractivity contribution in [2.45, 2.75) is 64.5 Å². The fraction of sp³-hybridized carbons (Fsp3) is 0.875. The minimum Gasteiger partial charge on any atom is -0.376 e. The number of nitrogens with zero attached hydrogens (tertiary/aromatic N) is 2. The van der Waals surface area contributed by atoms with Crippen LogP contribution in [0.1, 0.15) is 52.4 Å². The Morgan fingerprint density at radius 1 is 1.24 bits per heavy atom. The number of carbonyl (C=O) groups excluding carboxylic acids is 2. The van der Waals surface area contributed by atoms with Crippen LogP contribution in [0.5, 0.6) is 0 Å². The molecule has 2 saturated heterocycles. The Bertz CT molecular complexity index is 367. The monoisotopic (exact) mass is 296 g/mol. The third-order valence-corrected chi connectivity index (χ3v) is 4.64. The lowest BCUT2D eigenvalue weighted by Crippen LogP contribution is -2.49. The smallest absolute Gasteiger partial charge is 0.242 e. The maximum Gasteiger partial charge on any atom is 0.242 e. The van der Waals surface area contributed by atoms with Crippen molar-refractivity contribution in [1.82, 2.24) is 9.80 Å². The van der Waals surface area contributed by atoms with E-state index in [2.05, 4.69) is 6.92 Å². The molecule has 5 nitrogen and oxygen atoms in total. The van der Waals surface area contributed by atoms with Crippen LogP contribution in [0, 0.1) is 0 Å². The van der Waals surface area contributed by atoms with Gasteiger partial charge in [0.2, 0.25) is 11.8 Å². The van der Waals surface area contributed by atoms with Gasteiger partial charge < -0.3 is 14.5 Å². The number of rotatable bonds is 5. The summed E-state index contributed by atoms with van der Waals surface area (Å²) < 4.78 is 5.58. The molecule has 2 atom stereocenters. The minimum atomic E-state index is -0.0380. The van der Waals surface area contributed by atoms with Crippen LogP contribution in [-0.2, 0) is 14.3 Å². The average Bonchev–Trinajstić information content (AvgIpc) is 2.99. The largest absolute Gasteiger partial charge is 0.376 e. The Balaban J connectivity index is 1.91. The van der Waals surface area contributed by atoms with Gasteiger partial charge in [0.15, 0.2) is 0 Å². The molecule has 0 aromatic rings.